The summed E-state index contributed by atoms with van der Waals surface area (Å²) in [5.41, 5.74) is 0. The quantitative estimate of drug-likeness (QED) is 0.907. The molecule has 0 spiro atoms. The Bertz CT molecular complexity index is 586. The van der Waals surface area contributed by atoms with Gasteiger partial charge in [0, 0.05) is 31.6 Å². The maximum atomic E-state index is 12.2. The molecule has 2 aliphatic rings. The first kappa shape index (κ1) is 16.0. The summed E-state index contributed by atoms with van der Waals surface area (Å²) >= 11 is 0. The van der Waals surface area contributed by atoms with Gasteiger partial charge in [0.1, 0.15) is 5.76 Å². The van der Waals surface area contributed by atoms with E-state index >= 15 is 0 Å². The van der Waals surface area contributed by atoms with Crippen LogP contribution in [0.5, 0.6) is 0 Å². The second-order valence-electron chi connectivity index (χ2n) is 6.47. The molecule has 126 valence electrons. The molecule has 0 aliphatic carbocycles. The third-order valence-corrected chi connectivity index (χ3v) is 4.80. The van der Waals surface area contributed by atoms with Crippen LogP contribution in [0.3, 0.4) is 0 Å². The highest BCUT2D eigenvalue weighted by Crippen LogP contribution is 2.29. The number of rotatable bonds is 4. The molecule has 3 heterocycles. The van der Waals surface area contributed by atoms with Gasteiger partial charge in [-0.2, -0.15) is 0 Å². The van der Waals surface area contributed by atoms with E-state index in [2.05, 4.69) is 15.4 Å². The normalized spacial score (nSPS) is 25.0. The van der Waals surface area contributed by atoms with Gasteiger partial charge < -0.3 is 14.7 Å². The summed E-state index contributed by atoms with van der Waals surface area (Å²) in [6, 6.07) is 2.23. The fourth-order valence-corrected chi connectivity index (χ4v) is 3.86. The predicted octanol–water partition coefficient (Wildman–Crippen LogP) is 1.40. The molecular weight excluding hydrogens is 296 g/mol. The Labute approximate surface area is 136 Å². The number of hydrogen-bond donors (Lipinski definition) is 1. The molecule has 23 heavy (non-hydrogen) atoms. The van der Waals surface area contributed by atoms with Gasteiger partial charge in [0.25, 0.3) is 0 Å². The zero-order valence-corrected chi connectivity index (χ0v) is 13.7. The largest absolute Gasteiger partial charge is 0.360 e. The number of carbonyl (C=O) groups is 2. The highest BCUT2D eigenvalue weighted by Gasteiger charge is 2.39. The first-order chi connectivity index (χ1) is 11.0. The van der Waals surface area contributed by atoms with Crippen molar-refractivity contribution in [3.8, 4) is 0 Å². The van der Waals surface area contributed by atoms with Crippen molar-refractivity contribution in [1.82, 2.24) is 15.0 Å². The molecule has 2 atom stereocenters. The molecule has 0 unspecified atom stereocenters. The molecule has 1 aromatic rings. The lowest BCUT2D eigenvalue weighted by atomic mass is 10.0. The molecule has 2 fully saturated rings. The molecule has 1 N–H and O–H groups in total. The molecule has 7 nitrogen and oxygen atoms in total. The van der Waals surface area contributed by atoms with Gasteiger partial charge in [0.05, 0.1) is 6.54 Å². The number of carbonyl (C=O) groups excluding carboxylic acids is 2. The van der Waals surface area contributed by atoms with E-state index in [-0.39, 0.29) is 23.9 Å². The third kappa shape index (κ3) is 3.55. The number of aromatic nitrogens is 1. The van der Waals surface area contributed by atoms with Gasteiger partial charge in [-0.15, -0.1) is 0 Å². The van der Waals surface area contributed by atoms with Crippen molar-refractivity contribution in [2.45, 2.75) is 51.6 Å². The van der Waals surface area contributed by atoms with Crippen molar-refractivity contribution in [3.05, 3.63) is 11.8 Å². The number of anilines is 1. The molecule has 2 amide bonds. The van der Waals surface area contributed by atoms with Gasteiger partial charge >= 0.3 is 0 Å². The Balaban J connectivity index is 1.60. The lowest BCUT2D eigenvalue weighted by Crippen LogP contribution is -2.49. The monoisotopic (exact) mass is 320 g/mol. The van der Waals surface area contributed by atoms with Crippen molar-refractivity contribution in [1.29, 1.82) is 0 Å². The molecule has 0 saturated carbocycles. The molecule has 3 rings (SSSR count). The van der Waals surface area contributed by atoms with E-state index in [1.807, 2.05) is 4.90 Å². The number of amides is 2. The molecule has 2 aliphatic heterocycles. The minimum atomic E-state index is -0.0856. The highest BCUT2D eigenvalue weighted by molar-refractivity contribution is 5.91. The van der Waals surface area contributed by atoms with Crippen LogP contribution >= 0.6 is 0 Å². The van der Waals surface area contributed by atoms with Crippen LogP contribution in [-0.4, -0.2) is 58.5 Å². The Kier molecular flexibility index (Phi) is 4.66. The van der Waals surface area contributed by atoms with E-state index in [0.29, 0.717) is 18.1 Å². The standard InChI is InChI=1S/C16H24N4O3/c1-11-9-15(18-23-11)17-16(22)10-19-7-3-5-13(19)14-6-4-8-20(14)12(2)21/h9,13-14H,3-8,10H2,1-2H3,(H,17,18,22)/t13-,14+/m1/s1. The van der Waals surface area contributed by atoms with E-state index in [9.17, 15) is 9.59 Å². The highest BCUT2D eigenvalue weighted by atomic mass is 16.5. The van der Waals surface area contributed by atoms with E-state index in [1.165, 1.54) is 0 Å². The van der Waals surface area contributed by atoms with Gasteiger partial charge in [-0.05, 0) is 39.2 Å². The minimum absolute atomic E-state index is 0.0856. The summed E-state index contributed by atoms with van der Waals surface area (Å²) in [5.74, 6) is 1.18. The van der Waals surface area contributed by atoms with Crippen molar-refractivity contribution in [3.63, 3.8) is 0 Å². The molecule has 7 heteroatoms. The summed E-state index contributed by atoms with van der Waals surface area (Å²) in [6.45, 7) is 5.50. The molecular formula is C16H24N4O3. The topological polar surface area (TPSA) is 78.7 Å². The maximum absolute atomic E-state index is 12.2. The van der Waals surface area contributed by atoms with Crippen molar-refractivity contribution in [2.75, 3.05) is 25.0 Å². The fourth-order valence-electron chi connectivity index (χ4n) is 3.86. The average Bonchev–Trinajstić information content (AvgIpc) is 3.18. The van der Waals surface area contributed by atoms with Crippen molar-refractivity contribution >= 4 is 17.6 Å². The second-order valence-corrected chi connectivity index (χ2v) is 6.47. The fraction of sp³-hybridized carbons (Fsp3) is 0.688. The van der Waals surface area contributed by atoms with Gasteiger partial charge in [-0.1, -0.05) is 5.16 Å². The van der Waals surface area contributed by atoms with Crippen LogP contribution in [0.15, 0.2) is 10.6 Å². The molecule has 0 bridgehead atoms. The van der Waals surface area contributed by atoms with Crippen LogP contribution in [0.25, 0.3) is 0 Å². The predicted molar refractivity (Wildman–Crippen MR) is 84.9 cm³/mol. The van der Waals surface area contributed by atoms with Crippen LogP contribution in [0, 0.1) is 6.92 Å². The zero-order chi connectivity index (χ0) is 16.4. The summed E-state index contributed by atoms with van der Waals surface area (Å²) < 4.78 is 4.96. The maximum Gasteiger partial charge on any atom is 0.239 e. The Hall–Kier alpha value is -1.89. The van der Waals surface area contributed by atoms with Crippen LogP contribution in [-0.2, 0) is 9.59 Å². The van der Waals surface area contributed by atoms with Gasteiger partial charge in [-0.25, -0.2) is 0 Å². The molecule has 0 radical (unpaired) electrons. The number of aryl methyl sites for hydroxylation is 1. The summed E-state index contributed by atoms with van der Waals surface area (Å²) in [4.78, 5) is 28.2. The minimum Gasteiger partial charge on any atom is -0.360 e. The van der Waals surface area contributed by atoms with Crippen molar-refractivity contribution in [2.24, 2.45) is 0 Å². The van der Waals surface area contributed by atoms with Crippen LogP contribution in [0.4, 0.5) is 5.82 Å². The zero-order valence-electron chi connectivity index (χ0n) is 13.7. The van der Waals surface area contributed by atoms with Crippen molar-refractivity contribution < 1.29 is 14.1 Å². The molecule has 1 aromatic heterocycles. The van der Waals surface area contributed by atoms with Crippen LogP contribution in [0.1, 0.15) is 38.4 Å². The number of nitrogens with one attached hydrogen (secondary N) is 1. The molecule has 0 aromatic carbocycles. The third-order valence-electron chi connectivity index (χ3n) is 4.80. The number of nitrogens with zero attached hydrogens (tertiary/aromatic N) is 3. The van der Waals surface area contributed by atoms with Crippen LogP contribution < -0.4 is 5.32 Å². The molecule has 2 saturated heterocycles. The lowest BCUT2D eigenvalue weighted by molar-refractivity contribution is -0.130. The van der Waals surface area contributed by atoms with Gasteiger partial charge in [-0.3, -0.25) is 14.5 Å². The Morgan fingerprint density at radius 3 is 2.74 bits per heavy atom. The van der Waals surface area contributed by atoms with Gasteiger partial charge in [0.15, 0.2) is 5.82 Å². The Morgan fingerprint density at radius 1 is 1.30 bits per heavy atom. The van der Waals surface area contributed by atoms with Crippen LogP contribution in [0.2, 0.25) is 0 Å². The van der Waals surface area contributed by atoms with E-state index in [0.717, 1.165) is 38.8 Å². The number of hydrogen-bond acceptors (Lipinski definition) is 5. The van der Waals surface area contributed by atoms with Gasteiger partial charge in [0.2, 0.25) is 11.8 Å². The van der Waals surface area contributed by atoms with E-state index in [4.69, 9.17) is 4.52 Å². The average molecular weight is 320 g/mol. The first-order valence-electron chi connectivity index (χ1n) is 8.29. The van der Waals surface area contributed by atoms with E-state index < -0.39 is 0 Å². The van der Waals surface area contributed by atoms with E-state index in [1.54, 1.807) is 19.9 Å². The number of likely N-dealkylation sites (tertiary alicyclic amines) is 2. The first-order valence-corrected chi connectivity index (χ1v) is 8.29. The second kappa shape index (κ2) is 6.70. The summed E-state index contributed by atoms with van der Waals surface area (Å²) in [7, 11) is 0. The SMILES string of the molecule is CC(=O)N1CCC[C@H]1[C@H]1CCCN1CC(=O)Nc1cc(C)on1. The lowest BCUT2D eigenvalue weighted by Gasteiger charge is -2.34. The smallest absolute Gasteiger partial charge is 0.239 e. The summed E-state index contributed by atoms with van der Waals surface area (Å²) in [5, 5.41) is 6.55. The summed E-state index contributed by atoms with van der Waals surface area (Å²) in [6.07, 6.45) is 4.21. The Morgan fingerprint density at radius 2 is 2.04 bits per heavy atom.